The Hall–Kier alpha value is -2.32. The van der Waals surface area contributed by atoms with Crippen LogP contribution < -0.4 is 5.32 Å². The number of fused-ring (bicyclic) bond motifs is 1. The van der Waals surface area contributed by atoms with Crippen molar-refractivity contribution in [3.63, 3.8) is 0 Å². The predicted octanol–water partition coefficient (Wildman–Crippen LogP) is 4.01. The number of aryl methyl sites for hydroxylation is 1. The van der Waals surface area contributed by atoms with E-state index in [1.54, 1.807) is 17.1 Å². The third kappa shape index (κ3) is 3.93. The van der Waals surface area contributed by atoms with Gasteiger partial charge in [-0.25, -0.2) is 9.97 Å². The van der Waals surface area contributed by atoms with Gasteiger partial charge in [0.15, 0.2) is 10.8 Å². The fourth-order valence-electron chi connectivity index (χ4n) is 4.12. The minimum absolute atomic E-state index is 0.00573. The summed E-state index contributed by atoms with van der Waals surface area (Å²) in [6, 6.07) is 2.04. The fraction of sp³-hybridized carbons (Fsp3) is 0.500. The van der Waals surface area contributed by atoms with Crippen LogP contribution in [0.25, 0.3) is 21.5 Å². The second-order valence-corrected chi connectivity index (χ2v) is 9.72. The summed E-state index contributed by atoms with van der Waals surface area (Å²) < 4.78 is 7.83. The first kappa shape index (κ1) is 19.0. The van der Waals surface area contributed by atoms with Gasteiger partial charge in [-0.1, -0.05) is 11.3 Å². The third-order valence-electron chi connectivity index (χ3n) is 4.89. The van der Waals surface area contributed by atoms with Gasteiger partial charge in [-0.2, -0.15) is 5.10 Å². The molecule has 0 saturated carbocycles. The van der Waals surface area contributed by atoms with Crippen molar-refractivity contribution < 1.29 is 9.53 Å². The number of hydrogen-bond acceptors (Lipinski definition) is 6. The molecule has 4 rings (SSSR count). The summed E-state index contributed by atoms with van der Waals surface area (Å²) in [6.45, 7) is 8.16. The van der Waals surface area contributed by atoms with Gasteiger partial charge in [-0.15, -0.1) is 0 Å². The first-order chi connectivity index (χ1) is 13.1. The summed E-state index contributed by atoms with van der Waals surface area (Å²) >= 11 is 1.45. The van der Waals surface area contributed by atoms with Crippen molar-refractivity contribution in [2.45, 2.75) is 51.7 Å². The van der Waals surface area contributed by atoms with Gasteiger partial charge in [0.2, 0.25) is 5.91 Å². The van der Waals surface area contributed by atoms with E-state index in [1.807, 2.05) is 47.0 Å². The highest BCUT2D eigenvalue weighted by atomic mass is 32.1. The maximum atomic E-state index is 12.8. The molecule has 0 bridgehead atoms. The number of aromatic nitrogens is 4. The van der Waals surface area contributed by atoms with Crippen molar-refractivity contribution in [3.05, 3.63) is 24.7 Å². The zero-order valence-corrected chi connectivity index (χ0v) is 17.6. The molecule has 1 aliphatic rings. The van der Waals surface area contributed by atoms with Gasteiger partial charge < -0.3 is 10.1 Å². The molecule has 1 fully saturated rings. The Morgan fingerprint density at radius 2 is 1.93 bits per heavy atom. The highest BCUT2D eigenvalue weighted by Gasteiger charge is 2.42. The van der Waals surface area contributed by atoms with E-state index in [1.165, 1.54) is 11.3 Å². The molecule has 3 aromatic rings. The number of carbonyl (C=O) groups excluding carboxylic acids is 1. The lowest BCUT2D eigenvalue weighted by atomic mass is 9.80. The fourth-order valence-corrected chi connectivity index (χ4v) is 4.92. The molecule has 1 saturated heterocycles. The number of hydrogen-bond donors (Lipinski definition) is 1. The van der Waals surface area contributed by atoms with E-state index in [9.17, 15) is 4.79 Å². The summed E-state index contributed by atoms with van der Waals surface area (Å²) in [5, 5.41) is 8.87. The van der Waals surface area contributed by atoms with Gasteiger partial charge >= 0.3 is 0 Å². The zero-order valence-electron chi connectivity index (χ0n) is 16.8. The summed E-state index contributed by atoms with van der Waals surface area (Å²) in [4.78, 5) is 22.6. The molecule has 1 N–H and O–H groups in total. The van der Waals surface area contributed by atoms with Crippen LogP contribution in [0.1, 0.15) is 40.5 Å². The molecule has 4 heterocycles. The normalized spacial score (nSPS) is 19.0. The number of anilines is 1. The Balaban J connectivity index is 1.50. The minimum atomic E-state index is -0.317. The lowest BCUT2D eigenvalue weighted by Crippen LogP contribution is -2.48. The second-order valence-electron chi connectivity index (χ2n) is 8.69. The van der Waals surface area contributed by atoms with Crippen molar-refractivity contribution in [1.29, 1.82) is 0 Å². The van der Waals surface area contributed by atoms with E-state index in [2.05, 4.69) is 20.4 Å². The van der Waals surface area contributed by atoms with Crippen LogP contribution in [0.3, 0.4) is 0 Å². The number of nitrogens with zero attached hydrogens (tertiary/aromatic N) is 4. The number of nitrogens with one attached hydrogen (secondary N) is 1. The molecule has 0 aromatic carbocycles. The molecule has 7 nitrogen and oxygen atoms in total. The first-order valence-corrected chi connectivity index (χ1v) is 10.2. The molecule has 0 radical (unpaired) electrons. The van der Waals surface area contributed by atoms with Gasteiger partial charge in [0.05, 0.1) is 16.1 Å². The van der Waals surface area contributed by atoms with Crippen molar-refractivity contribution in [3.8, 4) is 10.4 Å². The van der Waals surface area contributed by atoms with Crippen LogP contribution in [-0.4, -0.2) is 36.9 Å². The van der Waals surface area contributed by atoms with Crippen LogP contribution in [0, 0.1) is 5.92 Å². The van der Waals surface area contributed by atoms with Gasteiger partial charge in [0, 0.05) is 42.5 Å². The lowest BCUT2D eigenvalue weighted by Gasteiger charge is -2.44. The number of thiazole rings is 1. The molecular formula is C20H25N5O2S. The Kier molecular flexibility index (Phi) is 4.50. The molecule has 0 aliphatic carbocycles. The zero-order chi connectivity index (χ0) is 20.1. The number of carbonyl (C=O) groups is 1. The van der Waals surface area contributed by atoms with Crippen LogP contribution in [0.15, 0.2) is 24.7 Å². The highest BCUT2D eigenvalue weighted by molar-refractivity contribution is 7.19. The molecule has 28 heavy (non-hydrogen) atoms. The maximum Gasteiger partial charge on any atom is 0.229 e. The standard InChI is InChI=1S/C20H25N5O2S/c1-19(2)7-14(8-20(3,4)27-19)17(26)23-18-22-10-15(28-18)12-6-13-11-25(5)24-16(13)21-9-12/h6,9-11,14H,7-8H2,1-5H3,(H,22,23,26). The van der Waals surface area contributed by atoms with E-state index in [4.69, 9.17) is 4.74 Å². The average molecular weight is 400 g/mol. The van der Waals surface area contributed by atoms with Crippen LogP contribution in [-0.2, 0) is 16.6 Å². The third-order valence-corrected chi connectivity index (χ3v) is 5.86. The van der Waals surface area contributed by atoms with E-state index >= 15 is 0 Å². The van der Waals surface area contributed by atoms with E-state index in [0.29, 0.717) is 23.6 Å². The van der Waals surface area contributed by atoms with Crippen LogP contribution in [0.4, 0.5) is 5.13 Å². The molecule has 0 unspecified atom stereocenters. The summed E-state index contributed by atoms with van der Waals surface area (Å²) in [5.74, 6) is -0.0919. The number of rotatable bonds is 3. The second kappa shape index (κ2) is 6.63. The quantitative estimate of drug-likeness (QED) is 0.719. The smallest absolute Gasteiger partial charge is 0.229 e. The molecule has 148 valence electrons. The van der Waals surface area contributed by atoms with Crippen molar-refractivity contribution in [2.75, 3.05) is 5.32 Å². The number of amides is 1. The molecule has 0 atom stereocenters. The van der Waals surface area contributed by atoms with Crippen LogP contribution in [0.2, 0.25) is 0 Å². The maximum absolute atomic E-state index is 12.8. The number of ether oxygens (including phenoxy) is 1. The average Bonchev–Trinajstić information content (AvgIpc) is 3.16. The van der Waals surface area contributed by atoms with Gasteiger partial charge in [-0.05, 0) is 46.6 Å². The molecule has 0 spiro atoms. The summed E-state index contributed by atoms with van der Waals surface area (Å²) in [7, 11) is 1.88. The predicted molar refractivity (Wildman–Crippen MR) is 110 cm³/mol. The lowest BCUT2D eigenvalue weighted by molar-refractivity contribution is -0.176. The van der Waals surface area contributed by atoms with E-state index in [-0.39, 0.29) is 23.0 Å². The minimum Gasteiger partial charge on any atom is -0.370 e. The van der Waals surface area contributed by atoms with Gasteiger partial charge in [-0.3, -0.25) is 9.48 Å². The Morgan fingerprint density at radius 3 is 2.64 bits per heavy atom. The van der Waals surface area contributed by atoms with Crippen LogP contribution >= 0.6 is 11.3 Å². The summed E-state index contributed by atoms with van der Waals surface area (Å²) in [5.41, 5.74) is 1.05. The first-order valence-electron chi connectivity index (χ1n) is 9.37. The van der Waals surface area contributed by atoms with Crippen molar-refractivity contribution in [1.82, 2.24) is 19.7 Å². The molecule has 1 aliphatic heterocycles. The Morgan fingerprint density at radius 1 is 1.21 bits per heavy atom. The molecular weight excluding hydrogens is 374 g/mol. The van der Waals surface area contributed by atoms with E-state index < -0.39 is 0 Å². The molecule has 3 aromatic heterocycles. The Bertz CT molecular complexity index is 1020. The summed E-state index contributed by atoms with van der Waals surface area (Å²) in [6.07, 6.45) is 6.89. The monoisotopic (exact) mass is 399 g/mol. The Labute approximate surface area is 168 Å². The number of pyridine rings is 1. The van der Waals surface area contributed by atoms with E-state index in [0.717, 1.165) is 15.8 Å². The largest absolute Gasteiger partial charge is 0.370 e. The van der Waals surface area contributed by atoms with Crippen molar-refractivity contribution >= 4 is 33.4 Å². The molecule has 8 heteroatoms. The van der Waals surface area contributed by atoms with Crippen molar-refractivity contribution in [2.24, 2.45) is 13.0 Å². The van der Waals surface area contributed by atoms with Gasteiger partial charge in [0.25, 0.3) is 0 Å². The SMILES string of the molecule is Cn1cc2cc(-c3cnc(NC(=O)C4CC(C)(C)OC(C)(C)C4)s3)cnc2n1. The topological polar surface area (TPSA) is 81.9 Å². The van der Waals surface area contributed by atoms with Crippen LogP contribution in [0.5, 0.6) is 0 Å². The van der Waals surface area contributed by atoms with Gasteiger partial charge in [0.1, 0.15) is 0 Å². The highest BCUT2D eigenvalue weighted by Crippen LogP contribution is 2.39. The molecule has 1 amide bonds.